The van der Waals surface area contributed by atoms with E-state index in [1.807, 2.05) is 30.3 Å². The van der Waals surface area contributed by atoms with Crippen molar-refractivity contribution in [3.63, 3.8) is 0 Å². The molecule has 3 rings (SSSR count). The second kappa shape index (κ2) is 4.18. The minimum atomic E-state index is 0.280. The van der Waals surface area contributed by atoms with Crippen molar-refractivity contribution in [2.24, 2.45) is 5.73 Å². The van der Waals surface area contributed by atoms with Gasteiger partial charge in [-0.05, 0) is 30.7 Å². The Labute approximate surface area is 100 Å². The summed E-state index contributed by atoms with van der Waals surface area (Å²) in [6, 6.07) is 12.0. The summed E-state index contributed by atoms with van der Waals surface area (Å²) in [6.45, 7) is 0.608. The fraction of sp³-hybridized carbons (Fsp3) is 0.214. The normalized spacial score (nSPS) is 17.6. The van der Waals surface area contributed by atoms with Gasteiger partial charge in [0.1, 0.15) is 5.75 Å². The maximum Gasteiger partial charge on any atom is 0.222 e. The van der Waals surface area contributed by atoms with Crippen molar-refractivity contribution in [1.82, 2.24) is 4.98 Å². The van der Waals surface area contributed by atoms with Gasteiger partial charge < -0.3 is 10.5 Å². The van der Waals surface area contributed by atoms with Crippen LogP contribution in [0, 0.1) is 0 Å². The molecule has 1 aromatic heterocycles. The van der Waals surface area contributed by atoms with E-state index in [-0.39, 0.29) is 5.92 Å². The first kappa shape index (κ1) is 10.3. The van der Waals surface area contributed by atoms with Crippen molar-refractivity contribution < 1.29 is 4.74 Å². The SMILES string of the molecule is NC[C@H]1Cc2ccccc2Oc2ncccc21. The predicted octanol–water partition coefficient (Wildman–Crippen LogP) is 2.47. The lowest BCUT2D eigenvalue weighted by Gasteiger charge is -2.12. The Kier molecular flexibility index (Phi) is 2.53. The zero-order chi connectivity index (χ0) is 11.7. The molecule has 86 valence electrons. The van der Waals surface area contributed by atoms with Gasteiger partial charge in [-0.1, -0.05) is 24.3 Å². The van der Waals surface area contributed by atoms with Crippen molar-refractivity contribution >= 4 is 0 Å². The molecule has 0 unspecified atom stereocenters. The summed E-state index contributed by atoms with van der Waals surface area (Å²) < 4.78 is 5.87. The first-order valence-corrected chi connectivity index (χ1v) is 5.79. The minimum absolute atomic E-state index is 0.280. The number of aromatic nitrogens is 1. The molecule has 0 radical (unpaired) electrons. The van der Waals surface area contributed by atoms with E-state index in [1.165, 1.54) is 5.56 Å². The number of fused-ring (bicyclic) bond motifs is 2. The molecule has 2 N–H and O–H groups in total. The van der Waals surface area contributed by atoms with Gasteiger partial charge in [-0.15, -0.1) is 0 Å². The highest BCUT2D eigenvalue weighted by molar-refractivity contribution is 5.43. The Morgan fingerprint density at radius 2 is 2.12 bits per heavy atom. The average Bonchev–Trinajstić information content (AvgIpc) is 2.54. The van der Waals surface area contributed by atoms with E-state index in [0.29, 0.717) is 12.4 Å². The Balaban J connectivity index is 2.13. The van der Waals surface area contributed by atoms with Gasteiger partial charge in [-0.25, -0.2) is 4.98 Å². The molecule has 3 heteroatoms. The van der Waals surface area contributed by atoms with Crippen LogP contribution in [0.3, 0.4) is 0 Å². The third-order valence-electron chi connectivity index (χ3n) is 3.17. The molecule has 1 aliphatic rings. The molecule has 0 bridgehead atoms. The number of rotatable bonds is 1. The number of nitrogens with two attached hydrogens (primary N) is 1. The molecule has 0 spiro atoms. The summed E-state index contributed by atoms with van der Waals surface area (Å²) in [5, 5.41) is 0. The maximum absolute atomic E-state index is 5.87. The molecule has 0 fully saturated rings. The van der Waals surface area contributed by atoms with Gasteiger partial charge in [-0.3, -0.25) is 0 Å². The molecule has 0 amide bonds. The number of pyridine rings is 1. The molecule has 0 saturated heterocycles. The van der Waals surface area contributed by atoms with Gasteiger partial charge in [-0.2, -0.15) is 0 Å². The van der Waals surface area contributed by atoms with Crippen molar-refractivity contribution in [1.29, 1.82) is 0 Å². The third-order valence-corrected chi connectivity index (χ3v) is 3.17. The summed E-state index contributed by atoms with van der Waals surface area (Å²) in [5.41, 5.74) is 8.16. The topological polar surface area (TPSA) is 48.1 Å². The van der Waals surface area contributed by atoms with Crippen molar-refractivity contribution in [3.05, 3.63) is 53.7 Å². The summed E-state index contributed by atoms with van der Waals surface area (Å²) in [5.74, 6) is 1.86. The van der Waals surface area contributed by atoms with Gasteiger partial charge in [0.05, 0.1) is 0 Å². The smallest absolute Gasteiger partial charge is 0.222 e. The highest BCUT2D eigenvalue weighted by Crippen LogP contribution is 2.37. The Bertz CT molecular complexity index is 539. The van der Waals surface area contributed by atoms with Crippen LogP contribution in [-0.2, 0) is 6.42 Å². The first-order valence-electron chi connectivity index (χ1n) is 5.79. The van der Waals surface area contributed by atoms with E-state index in [1.54, 1.807) is 6.20 Å². The number of benzene rings is 1. The molecule has 2 aromatic rings. The Morgan fingerprint density at radius 1 is 1.24 bits per heavy atom. The third kappa shape index (κ3) is 1.78. The zero-order valence-electron chi connectivity index (χ0n) is 9.47. The van der Waals surface area contributed by atoms with E-state index in [4.69, 9.17) is 10.5 Å². The fourth-order valence-electron chi connectivity index (χ4n) is 2.26. The summed E-state index contributed by atoms with van der Waals surface area (Å²) >= 11 is 0. The van der Waals surface area contributed by atoms with Crippen LogP contribution < -0.4 is 10.5 Å². The second-order valence-corrected chi connectivity index (χ2v) is 4.24. The summed E-state index contributed by atoms with van der Waals surface area (Å²) in [4.78, 5) is 4.30. The Morgan fingerprint density at radius 3 is 3.00 bits per heavy atom. The first-order chi connectivity index (χ1) is 8.38. The number of hydrogen-bond donors (Lipinski definition) is 1. The molecule has 2 heterocycles. The number of para-hydroxylation sites is 1. The molecular formula is C14H14N2O. The van der Waals surface area contributed by atoms with Crippen molar-refractivity contribution in [2.45, 2.75) is 12.3 Å². The molecule has 1 atom stereocenters. The van der Waals surface area contributed by atoms with Crippen LogP contribution >= 0.6 is 0 Å². The van der Waals surface area contributed by atoms with E-state index >= 15 is 0 Å². The monoisotopic (exact) mass is 226 g/mol. The molecule has 0 aliphatic carbocycles. The molecule has 3 nitrogen and oxygen atoms in total. The molecule has 1 aromatic carbocycles. The molecule has 0 saturated carbocycles. The van der Waals surface area contributed by atoms with E-state index in [0.717, 1.165) is 17.7 Å². The zero-order valence-corrected chi connectivity index (χ0v) is 9.47. The largest absolute Gasteiger partial charge is 0.438 e. The van der Waals surface area contributed by atoms with E-state index < -0.39 is 0 Å². The van der Waals surface area contributed by atoms with Crippen LogP contribution in [0.25, 0.3) is 0 Å². The van der Waals surface area contributed by atoms with Crippen molar-refractivity contribution in [2.75, 3.05) is 6.54 Å². The maximum atomic E-state index is 5.87. The highest BCUT2D eigenvalue weighted by Gasteiger charge is 2.22. The number of nitrogens with zero attached hydrogens (tertiary/aromatic N) is 1. The van der Waals surface area contributed by atoms with Gasteiger partial charge >= 0.3 is 0 Å². The van der Waals surface area contributed by atoms with E-state index in [2.05, 4.69) is 11.1 Å². The summed E-state index contributed by atoms with van der Waals surface area (Å²) in [6.07, 6.45) is 2.66. The van der Waals surface area contributed by atoms with Crippen molar-refractivity contribution in [3.8, 4) is 11.6 Å². The van der Waals surface area contributed by atoms with Crippen LogP contribution in [0.15, 0.2) is 42.6 Å². The van der Waals surface area contributed by atoms with Gasteiger partial charge in [0.25, 0.3) is 0 Å². The lowest BCUT2D eigenvalue weighted by atomic mass is 9.93. The van der Waals surface area contributed by atoms with Gasteiger partial charge in [0.2, 0.25) is 5.88 Å². The number of hydrogen-bond acceptors (Lipinski definition) is 3. The van der Waals surface area contributed by atoms with Crippen LogP contribution in [0.4, 0.5) is 0 Å². The van der Waals surface area contributed by atoms with Crippen LogP contribution in [0.5, 0.6) is 11.6 Å². The minimum Gasteiger partial charge on any atom is -0.438 e. The van der Waals surface area contributed by atoms with E-state index in [9.17, 15) is 0 Å². The van der Waals surface area contributed by atoms with Crippen LogP contribution in [0.1, 0.15) is 17.0 Å². The van der Waals surface area contributed by atoms with Gasteiger partial charge in [0, 0.05) is 17.7 Å². The second-order valence-electron chi connectivity index (χ2n) is 4.24. The molecular weight excluding hydrogens is 212 g/mol. The quantitative estimate of drug-likeness (QED) is 0.812. The predicted molar refractivity (Wildman–Crippen MR) is 66.3 cm³/mol. The van der Waals surface area contributed by atoms with Crippen LogP contribution in [-0.4, -0.2) is 11.5 Å². The van der Waals surface area contributed by atoms with Crippen LogP contribution in [0.2, 0.25) is 0 Å². The fourth-order valence-corrected chi connectivity index (χ4v) is 2.26. The highest BCUT2D eigenvalue weighted by atomic mass is 16.5. The Hall–Kier alpha value is -1.87. The molecule has 1 aliphatic heterocycles. The lowest BCUT2D eigenvalue weighted by molar-refractivity contribution is 0.458. The average molecular weight is 226 g/mol. The molecule has 17 heavy (non-hydrogen) atoms. The lowest BCUT2D eigenvalue weighted by Crippen LogP contribution is -2.14. The summed E-state index contributed by atoms with van der Waals surface area (Å²) in [7, 11) is 0. The van der Waals surface area contributed by atoms with Gasteiger partial charge in [0.15, 0.2) is 0 Å². The number of ether oxygens (including phenoxy) is 1. The standard InChI is InChI=1S/C14H14N2O/c15-9-11-8-10-4-1-2-6-13(10)17-14-12(11)5-3-7-16-14/h1-7,11H,8-9,15H2/t11-/m1/s1.